The fourth-order valence-electron chi connectivity index (χ4n) is 4.31. The predicted molar refractivity (Wildman–Crippen MR) is 119 cm³/mol. The molecule has 3 atom stereocenters. The molecule has 3 aromatic rings. The third-order valence-electron chi connectivity index (χ3n) is 5.96. The van der Waals surface area contributed by atoms with Crippen molar-refractivity contribution >= 4 is 16.9 Å². The van der Waals surface area contributed by atoms with Crippen LogP contribution in [0.15, 0.2) is 65.1 Å². The fraction of sp³-hybridized carbons (Fsp3) is 0.346. The van der Waals surface area contributed by atoms with Gasteiger partial charge in [0.05, 0.1) is 0 Å². The normalized spacial score (nSPS) is 20.7. The minimum atomic E-state index is -4.58. The molecule has 1 aromatic heterocycles. The number of carbonyl (C=O) groups excluding carboxylic acids is 1. The molecule has 174 valence electrons. The number of hydrogen-bond donors (Lipinski definition) is 0. The van der Waals surface area contributed by atoms with Gasteiger partial charge in [-0.05, 0) is 49.9 Å². The fourth-order valence-corrected chi connectivity index (χ4v) is 4.31. The van der Waals surface area contributed by atoms with Crippen LogP contribution < -0.4 is 4.74 Å². The van der Waals surface area contributed by atoms with Gasteiger partial charge in [-0.2, -0.15) is 13.2 Å². The summed E-state index contributed by atoms with van der Waals surface area (Å²) in [4.78, 5) is 11.8. The SMILES string of the molecule is C=C(C)C(=O)OC1CCC(Oc2ccc3cc(-c4ccccc4CC)oc3c2)C1C(F)(F)F. The molecule has 0 amide bonds. The number of ether oxygens (including phenoxy) is 2. The second-order valence-electron chi connectivity index (χ2n) is 8.35. The summed E-state index contributed by atoms with van der Waals surface area (Å²) in [7, 11) is 0. The third kappa shape index (κ3) is 4.77. The maximum absolute atomic E-state index is 13.8. The molecule has 7 heteroatoms. The molecule has 1 aliphatic carbocycles. The number of rotatable bonds is 6. The lowest BCUT2D eigenvalue weighted by Gasteiger charge is -2.27. The zero-order chi connectivity index (χ0) is 23.8. The van der Waals surface area contributed by atoms with Crippen molar-refractivity contribution < 1.29 is 31.9 Å². The summed E-state index contributed by atoms with van der Waals surface area (Å²) in [5.41, 5.74) is 2.71. The van der Waals surface area contributed by atoms with E-state index in [0.717, 1.165) is 22.9 Å². The third-order valence-corrected chi connectivity index (χ3v) is 5.96. The Morgan fingerprint density at radius 1 is 1.12 bits per heavy atom. The molecule has 2 aromatic carbocycles. The van der Waals surface area contributed by atoms with Crippen LogP contribution in [0.4, 0.5) is 13.2 Å². The van der Waals surface area contributed by atoms with Crippen LogP contribution in [0.25, 0.3) is 22.3 Å². The van der Waals surface area contributed by atoms with E-state index in [-0.39, 0.29) is 24.2 Å². The van der Waals surface area contributed by atoms with Crippen LogP contribution in [0.2, 0.25) is 0 Å². The summed E-state index contributed by atoms with van der Waals surface area (Å²) in [6.45, 7) is 6.90. The van der Waals surface area contributed by atoms with Gasteiger partial charge in [-0.15, -0.1) is 0 Å². The minimum absolute atomic E-state index is 0.0593. The first kappa shape index (κ1) is 23.0. The average Bonchev–Trinajstić information content (AvgIpc) is 3.37. The maximum atomic E-state index is 13.8. The Bertz CT molecular complexity index is 1180. The Morgan fingerprint density at radius 2 is 1.85 bits per heavy atom. The number of esters is 1. The topological polar surface area (TPSA) is 48.7 Å². The van der Waals surface area contributed by atoms with E-state index >= 15 is 0 Å². The number of carbonyl (C=O) groups is 1. The van der Waals surface area contributed by atoms with Gasteiger partial charge in [0.2, 0.25) is 0 Å². The molecule has 0 radical (unpaired) electrons. The van der Waals surface area contributed by atoms with Crippen molar-refractivity contribution in [3.05, 3.63) is 66.2 Å². The predicted octanol–water partition coefficient (Wildman–Crippen LogP) is 6.87. The summed E-state index contributed by atoms with van der Waals surface area (Å²) < 4.78 is 58.3. The van der Waals surface area contributed by atoms with Crippen molar-refractivity contribution in [2.75, 3.05) is 0 Å². The van der Waals surface area contributed by atoms with Crippen LogP contribution in [0, 0.1) is 5.92 Å². The lowest BCUT2D eigenvalue weighted by atomic mass is 10.0. The summed E-state index contributed by atoms with van der Waals surface area (Å²) in [6.07, 6.45) is -6.02. The van der Waals surface area contributed by atoms with Crippen LogP contribution in [0.1, 0.15) is 32.3 Å². The number of halogens is 3. The van der Waals surface area contributed by atoms with Crippen LogP contribution in [-0.4, -0.2) is 24.4 Å². The highest BCUT2D eigenvalue weighted by atomic mass is 19.4. The van der Waals surface area contributed by atoms with Crippen molar-refractivity contribution in [3.63, 3.8) is 0 Å². The van der Waals surface area contributed by atoms with E-state index in [1.54, 1.807) is 18.2 Å². The monoisotopic (exact) mass is 458 g/mol. The van der Waals surface area contributed by atoms with Crippen molar-refractivity contribution in [3.8, 4) is 17.1 Å². The van der Waals surface area contributed by atoms with E-state index in [1.165, 1.54) is 6.92 Å². The van der Waals surface area contributed by atoms with Crippen molar-refractivity contribution in [2.24, 2.45) is 5.92 Å². The molecule has 3 unspecified atom stereocenters. The number of aryl methyl sites for hydroxylation is 1. The lowest BCUT2D eigenvalue weighted by Crippen LogP contribution is -2.41. The van der Waals surface area contributed by atoms with Gasteiger partial charge in [0.15, 0.2) is 0 Å². The molecule has 4 nitrogen and oxygen atoms in total. The minimum Gasteiger partial charge on any atom is -0.489 e. The van der Waals surface area contributed by atoms with E-state index in [0.29, 0.717) is 11.3 Å². The number of hydrogen-bond acceptors (Lipinski definition) is 4. The first-order valence-corrected chi connectivity index (χ1v) is 10.9. The number of fused-ring (bicyclic) bond motifs is 1. The highest BCUT2D eigenvalue weighted by Gasteiger charge is 2.55. The summed E-state index contributed by atoms with van der Waals surface area (Å²) in [5.74, 6) is -1.77. The molecule has 0 aliphatic heterocycles. The van der Waals surface area contributed by atoms with E-state index in [1.807, 2.05) is 30.3 Å². The van der Waals surface area contributed by atoms with Gasteiger partial charge in [0.1, 0.15) is 35.2 Å². The van der Waals surface area contributed by atoms with Crippen molar-refractivity contribution in [1.29, 1.82) is 0 Å². The van der Waals surface area contributed by atoms with Crippen LogP contribution in [-0.2, 0) is 16.0 Å². The molecule has 1 fully saturated rings. The summed E-state index contributed by atoms with van der Waals surface area (Å²) in [6, 6.07) is 14.8. The Labute approximate surface area is 190 Å². The van der Waals surface area contributed by atoms with Gasteiger partial charge in [0.25, 0.3) is 0 Å². The van der Waals surface area contributed by atoms with Gasteiger partial charge in [-0.25, -0.2) is 4.79 Å². The molecule has 0 bridgehead atoms. The van der Waals surface area contributed by atoms with Gasteiger partial charge in [-0.1, -0.05) is 37.8 Å². The maximum Gasteiger partial charge on any atom is 0.398 e. The quantitative estimate of drug-likeness (QED) is 0.299. The molecule has 4 rings (SSSR count). The summed E-state index contributed by atoms with van der Waals surface area (Å²) >= 11 is 0. The van der Waals surface area contributed by atoms with Crippen molar-refractivity contribution in [2.45, 2.75) is 51.5 Å². The zero-order valence-corrected chi connectivity index (χ0v) is 18.4. The molecule has 0 saturated heterocycles. The van der Waals surface area contributed by atoms with Crippen LogP contribution in [0.5, 0.6) is 5.75 Å². The van der Waals surface area contributed by atoms with Gasteiger partial charge < -0.3 is 13.9 Å². The van der Waals surface area contributed by atoms with E-state index < -0.39 is 30.3 Å². The van der Waals surface area contributed by atoms with Crippen LogP contribution in [0.3, 0.4) is 0 Å². The molecule has 0 spiro atoms. The molecule has 1 aliphatic rings. The Balaban J connectivity index is 1.58. The zero-order valence-electron chi connectivity index (χ0n) is 18.4. The summed E-state index contributed by atoms with van der Waals surface area (Å²) in [5, 5.41) is 0.829. The number of alkyl halides is 3. The highest BCUT2D eigenvalue weighted by Crippen LogP contribution is 2.43. The van der Waals surface area contributed by atoms with E-state index in [4.69, 9.17) is 13.9 Å². The van der Waals surface area contributed by atoms with Gasteiger partial charge >= 0.3 is 12.1 Å². The standard InChI is InChI=1S/C26H25F3O4/c1-4-16-7-5-6-8-19(16)23-13-17-9-10-18(14-22(17)32-23)31-20-11-12-21(24(20)26(27,28)29)33-25(30)15(2)3/h5-10,13-14,20-21,24H,2,4,11-12H2,1,3H3. The van der Waals surface area contributed by atoms with Gasteiger partial charge in [0, 0.05) is 22.6 Å². The molecule has 33 heavy (non-hydrogen) atoms. The Morgan fingerprint density at radius 3 is 2.55 bits per heavy atom. The number of benzene rings is 2. The highest BCUT2D eigenvalue weighted by molar-refractivity contribution is 5.87. The number of furan rings is 1. The largest absolute Gasteiger partial charge is 0.489 e. The first-order valence-electron chi connectivity index (χ1n) is 10.9. The average molecular weight is 458 g/mol. The Kier molecular flexibility index (Phi) is 6.23. The molecule has 0 N–H and O–H groups in total. The second-order valence-corrected chi connectivity index (χ2v) is 8.35. The molecule has 1 saturated carbocycles. The van der Waals surface area contributed by atoms with E-state index in [2.05, 4.69) is 13.5 Å². The smallest absolute Gasteiger partial charge is 0.398 e. The second kappa shape index (κ2) is 8.96. The Hall–Kier alpha value is -3.22. The van der Waals surface area contributed by atoms with Crippen molar-refractivity contribution in [1.82, 2.24) is 0 Å². The first-order chi connectivity index (χ1) is 15.7. The van der Waals surface area contributed by atoms with Gasteiger partial charge in [-0.3, -0.25) is 0 Å². The molecular formula is C26H25F3O4. The lowest BCUT2D eigenvalue weighted by molar-refractivity contribution is -0.215. The molecule has 1 heterocycles. The van der Waals surface area contributed by atoms with E-state index in [9.17, 15) is 18.0 Å². The van der Waals surface area contributed by atoms with Crippen LogP contribution >= 0.6 is 0 Å². The molecular weight excluding hydrogens is 433 g/mol.